The second-order valence-electron chi connectivity index (χ2n) is 7.23. The Kier molecular flexibility index (Phi) is 7.74. The molecule has 0 aliphatic carbocycles. The van der Waals surface area contributed by atoms with Crippen LogP contribution in [0.1, 0.15) is 36.2 Å². The number of rotatable bonds is 7. The van der Waals surface area contributed by atoms with E-state index in [4.69, 9.17) is 9.73 Å². The number of likely N-dealkylation sites (tertiary alicyclic amines) is 1. The lowest BCUT2D eigenvalue weighted by Crippen LogP contribution is -2.44. The highest BCUT2D eigenvalue weighted by Gasteiger charge is 2.31. The molecule has 0 amide bonds. The molecule has 1 aliphatic rings. The molecule has 1 saturated heterocycles. The van der Waals surface area contributed by atoms with E-state index in [2.05, 4.69) is 53.1 Å². The highest BCUT2D eigenvalue weighted by molar-refractivity contribution is 7.10. The molecule has 6 heteroatoms. The summed E-state index contributed by atoms with van der Waals surface area (Å²) in [5, 5.41) is 9.15. The normalized spacial score (nSPS) is 20.8. The van der Waals surface area contributed by atoms with Crippen molar-refractivity contribution >= 4 is 17.3 Å². The van der Waals surface area contributed by atoms with Crippen LogP contribution in [0, 0.1) is 5.92 Å². The number of nitrogens with one attached hydrogen (secondary N) is 2. The van der Waals surface area contributed by atoms with E-state index in [0.29, 0.717) is 18.5 Å². The van der Waals surface area contributed by atoms with Crippen LogP contribution in [0.15, 0.2) is 46.8 Å². The van der Waals surface area contributed by atoms with Gasteiger partial charge in [0.25, 0.3) is 0 Å². The number of hydrogen-bond donors (Lipinski definition) is 2. The van der Waals surface area contributed by atoms with Crippen molar-refractivity contribution in [1.29, 1.82) is 0 Å². The molecule has 2 aromatic rings. The van der Waals surface area contributed by atoms with Crippen LogP contribution in [-0.2, 0) is 6.54 Å². The van der Waals surface area contributed by atoms with Gasteiger partial charge >= 0.3 is 0 Å². The Labute approximate surface area is 172 Å². The summed E-state index contributed by atoms with van der Waals surface area (Å²) >= 11 is 1.86. The van der Waals surface area contributed by atoms with Gasteiger partial charge in [-0.3, -0.25) is 4.90 Å². The van der Waals surface area contributed by atoms with Crippen LogP contribution in [0.2, 0.25) is 0 Å². The number of nitrogens with zero attached hydrogens (tertiary/aromatic N) is 2. The molecule has 2 N–H and O–H groups in total. The summed E-state index contributed by atoms with van der Waals surface area (Å²) < 4.78 is 5.45. The Morgan fingerprint density at radius 1 is 1.25 bits per heavy atom. The van der Waals surface area contributed by atoms with Gasteiger partial charge in [-0.25, -0.2) is 4.99 Å². The number of para-hydroxylation sites is 1. The zero-order valence-corrected chi connectivity index (χ0v) is 18.0. The first-order valence-corrected chi connectivity index (χ1v) is 11.0. The molecule has 0 spiro atoms. The summed E-state index contributed by atoms with van der Waals surface area (Å²) in [6, 6.07) is 13.0. The molecule has 1 aromatic carbocycles. The molecule has 0 radical (unpaired) electrons. The SMILES string of the molecule is CCNC(=NCc1ccccc1OC)NCC1CCCN(C)C1c1cccs1. The molecule has 2 unspecified atom stereocenters. The Bertz CT molecular complexity index is 747. The fourth-order valence-electron chi connectivity index (χ4n) is 3.95. The third-order valence-electron chi connectivity index (χ3n) is 5.32. The van der Waals surface area contributed by atoms with Gasteiger partial charge in [0.15, 0.2) is 5.96 Å². The maximum Gasteiger partial charge on any atom is 0.191 e. The topological polar surface area (TPSA) is 48.9 Å². The number of hydrogen-bond acceptors (Lipinski definition) is 4. The van der Waals surface area contributed by atoms with E-state index < -0.39 is 0 Å². The fourth-order valence-corrected chi connectivity index (χ4v) is 4.93. The van der Waals surface area contributed by atoms with Crippen LogP contribution in [0.5, 0.6) is 5.75 Å². The molecule has 1 fully saturated rings. The molecule has 2 heterocycles. The second kappa shape index (κ2) is 10.5. The average molecular weight is 401 g/mol. The van der Waals surface area contributed by atoms with E-state index in [1.165, 1.54) is 24.3 Å². The van der Waals surface area contributed by atoms with E-state index >= 15 is 0 Å². The van der Waals surface area contributed by atoms with Crippen molar-refractivity contribution in [1.82, 2.24) is 15.5 Å². The lowest BCUT2D eigenvalue weighted by molar-refractivity contribution is 0.125. The number of methoxy groups -OCH3 is 1. The van der Waals surface area contributed by atoms with Crippen molar-refractivity contribution in [3.05, 3.63) is 52.2 Å². The van der Waals surface area contributed by atoms with Gasteiger partial charge in [-0.2, -0.15) is 0 Å². The Morgan fingerprint density at radius 3 is 2.86 bits per heavy atom. The van der Waals surface area contributed by atoms with Crippen molar-refractivity contribution in [2.24, 2.45) is 10.9 Å². The van der Waals surface area contributed by atoms with Crippen LogP contribution >= 0.6 is 11.3 Å². The molecule has 1 aliphatic heterocycles. The van der Waals surface area contributed by atoms with Gasteiger partial charge in [0.1, 0.15) is 5.75 Å². The Hall–Kier alpha value is -2.05. The van der Waals surface area contributed by atoms with Crippen LogP contribution in [0.4, 0.5) is 0 Å². The summed E-state index contributed by atoms with van der Waals surface area (Å²) in [4.78, 5) is 8.75. The Morgan fingerprint density at radius 2 is 2.11 bits per heavy atom. The largest absolute Gasteiger partial charge is 0.496 e. The summed E-state index contributed by atoms with van der Waals surface area (Å²) in [7, 11) is 3.95. The summed E-state index contributed by atoms with van der Waals surface area (Å²) in [5.41, 5.74) is 1.09. The van der Waals surface area contributed by atoms with Crippen molar-refractivity contribution in [2.75, 3.05) is 33.8 Å². The zero-order chi connectivity index (χ0) is 19.8. The molecule has 0 bridgehead atoms. The van der Waals surface area contributed by atoms with Gasteiger partial charge < -0.3 is 15.4 Å². The first kappa shape index (κ1) is 20.7. The predicted octanol–water partition coefficient (Wildman–Crippen LogP) is 3.89. The number of aliphatic imine (C=N–C) groups is 1. The summed E-state index contributed by atoms with van der Waals surface area (Å²) in [6.45, 7) is 5.63. The maximum absolute atomic E-state index is 5.45. The third-order valence-corrected chi connectivity index (χ3v) is 6.26. The number of piperidine rings is 1. The van der Waals surface area contributed by atoms with Crippen molar-refractivity contribution in [3.8, 4) is 5.75 Å². The van der Waals surface area contributed by atoms with Gasteiger partial charge in [0.05, 0.1) is 13.7 Å². The number of benzene rings is 1. The van der Waals surface area contributed by atoms with E-state index in [9.17, 15) is 0 Å². The lowest BCUT2D eigenvalue weighted by atomic mass is 9.88. The van der Waals surface area contributed by atoms with E-state index in [-0.39, 0.29) is 0 Å². The molecule has 2 atom stereocenters. The van der Waals surface area contributed by atoms with Crippen LogP contribution in [0.3, 0.4) is 0 Å². The quantitative estimate of drug-likeness (QED) is 0.547. The fraction of sp³-hybridized carbons (Fsp3) is 0.500. The van der Waals surface area contributed by atoms with E-state index in [1.54, 1.807) is 7.11 Å². The Balaban J connectivity index is 1.66. The van der Waals surface area contributed by atoms with Gasteiger partial charge in [-0.15, -0.1) is 11.3 Å². The van der Waals surface area contributed by atoms with Crippen molar-refractivity contribution in [3.63, 3.8) is 0 Å². The van der Waals surface area contributed by atoms with Crippen LogP contribution in [0.25, 0.3) is 0 Å². The van der Waals surface area contributed by atoms with Gasteiger partial charge in [-0.05, 0) is 56.8 Å². The molecule has 3 rings (SSSR count). The summed E-state index contributed by atoms with van der Waals surface area (Å²) in [5.74, 6) is 2.33. The van der Waals surface area contributed by atoms with Crippen molar-refractivity contribution < 1.29 is 4.74 Å². The summed E-state index contributed by atoms with van der Waals surface area (Å²) in [6.07, 6.45) is 2.49. The van der Waals surface area contributed by atoms with Crippen LogP contribution in [-0.4, -0.2) is 44.7 Å². The first-order valence-electron chi connectivity index (χ1n) is 10.1. The smallest absolute Gasteiger partial charge is 0.191 e. The highest BCUT2D eigenvalue weighted by atomic mass is 32.1. The lowest BCUT2D eigenvalue weighted by Gasteiger charge is -2.39. The monoisotopic (exact) mass is 400 g/mol. The molecule has 5 nitrogen and oxygen atoms in total. The van der Waals surface area contributed by atoms with Gasteiger partial charge in [-0.1, -0.05) is 24.3 Å². The minimum atomic E-state index is 0.485. The van der Waals surface area contributed by atoms with Gasteiger partial charge in [0, 0.05) is 29.6 Å². The van der Waals surface area contributed by atoms with Crippen LogP contribution < -0.4 is 15.4 Å². The third kappa shape index (κ3) is 5.26. The molecular weight excluding hydrogens is 368 g/mol. The minimum absolute atomic E-state index is 0.485. The zero-order valence-electron chi connectivity index (χ0n) is 17.1. The average Bonchev–Trinajstić information content (AvgIpc) is 3.24. The standard InChI is InChI=1S/C22H32N4OS/c1-4-23-22(24-15-17-9-5-6-11-19(17)27-3)25-16-18-10-7-13-26(2)21(18)20-12-8-14-28-20/h5-6,8-9,11-12,14,18,21H,4,7,10,13,15-16H2,1-3H3,(H2,23,24,25). The molecule has 0 saturated carbocycles. The maximum atomic E-state index is 5.45. The molecular formula is C22H32N4OS. The highest BCUT2D eigenvalue weighted by Crippen LogP contribution is 2.36. The second-order valence-corrected chi connectivity index (χ2v) is 8.21. The molecule has 152 valence electrons. The van der Waals surface area contributed by atoms with E-state index in [0.717, 1.165) is 30.4 Å². The van der Waals surface area contributed by atoms with E-state index in [1.807, 2.05) is 29.5 Å². The number of thiophene rings is 1. The molecule has 1 aromatic heterocycles. The predicted molar refractivity (Wildman–Crippen MR) is 118 cm³/mol. The molecule has 28 heavy (non-hydrogen) atoms. The number of guanidine groups is 1. The minimum Gasteiger partial charge on any atom is -0.496 e. The number of ether oxygens (including phenoxy) is 1. The van der Waals surface area contributed by atoms with Crippen molar-refractivity contribution in [2.45, 2.75) is 32.4 Å². The van der Waals surface area contributed by atoms with Gasteiger partial charge in [0.2, 0.25) is 0 Å². The first-order chi connectivity index (χ1) is 13.7.